The molecule has 5 heteroatoms. The fraction of sp³-hybridized carbons (Fsp3) is 0.923. The number of urea groups is 1. The predicted molar refractivity (Wildman–Crippen MR) is 74.1 cm³/mol. The Hall–Kier alpha value is -0.480. The van der Waals surface area contributed by atoms with Crippen LogP contribution in [0.3, 0.4) is 0 Å². The van der Waals surface area contributed by atoms with E-state index in [2.05, 4.69) is 10.6 Å². The molecule has 2 N–H and O–H groups in total. The minimum absolute atomic E-state index is 0. The highest BCUT2D eigenvalue weighted by atomic mass is 35.5. The number of carbonyl (C=O) groups is 1. The molecule has 0 unspecified atom stereocenters. The van der Waals surface area contributed by atoms with Gasteiger partial charge in [-0.2, -0.15) is 0 Å². The van der Waals surface area contributed by atoms with Crippen LogP contribution in [0.2, 0.25) is 0 Å². The number of carbonyl (C=O) groups excluding carboxylic acids is 1. The van der Waals surface area contributed by atoms with Gasteiger partial charge in [-0.25, -0.2) is 4.79 Å². The minimum Gasteiger partial charge on any atom is -0.338 e. The summed E-state index contributed by atoms with van der Waals surface area (Å²) in [5.41, 5.74) is 0. The first-order chi connectivity index (χ1) is 8.33. The molecular weight excluding hydrogens is 250 g/mol. The Morgan fingerprint density at radius 1 is 1.28 bits per heavy atom. The second-order valence-corrected chi connectivity index (χ2v) is 5.84. The summed E-state index contributed by atoms with van der Waals surface area (Å²) in [6, 6.07) is 1.18. The van der Waals surface area contributed by atoms with Gasteiger partial charge in [-0.05, 0) is 25.2 Å². The van der Waals surface area contributed by atoms with E-state index in [1.54, 1.807) is 0 Å². The molecule has 2 atom stereocenters. The van der Waals surface area contributed by atoms with Crippen molar-refractivity contribution in [3.8, 4) is 0 Å². The molecular formula is C13H24ClN3O. The number of likely N-dealkylation sites (tertiary alicyclic amines) is 1. The molecule has 104 valence electrons. The smallest absolute Gasteiger partial charge is 0.317 e. The Kier molecular flexibility index (Phi) is 4.73. The zero-order valence-electron chi connectivity index (χ0n) is 10.9. The average molecular weight is 274 g/mol. The fourth-order valence-corrected chi connectivity index (χ4v) is 3.53. The molecule has 0 aromatic carbocycles. The number of hydrogen-bond acceptors (Lipinski definition) is 2. The Morgan fingerprint density at radius 2 is 2.06 bits per heavy atom. The SMILES string of the molecule is Cl.O=C(NCC1CCCCC1)N1C[C@@H]2C[C@H]1CN2. The lowest BCUT2D eigenvalue weighted by atomic mass is 9.89. The van der Waals surface area contributed by atoms with Crippen LogP contribution in [0.1, 0.15) is 38.5 Å². The second-order valence-electron chi connectivity index (χ2n) is 5.84. The number of amides is 2. The minimum atomic E-state index is 0. The average Bonchev–Trinajstić information content (AvgIpc) is 2.99. The molecule has 2 saturated heterocycles. The monoisotopic (exact) mass is 273 g/mol. The molecule has 1 saturated carbocycles. The zero-order valence-corrected chi connectivity index (χ0v) is 11.7. The number of fused-ring (bicyclic) bond motifs is 2. The molecule has 3 rings (SSSR count). The van der Waals surface area contributed by atoms with Crippen LogP contribution in [0.5, 0.6) is 0 Å². The third kappa shape index (κ3) is 2.91. The highest BCUT2D eigenvalue weighted by molar-refractivity contribution is 5.85. The number of nitrogens with one attached hydrogen (secondary N) is 2. The summed E-state index contributed by atoms with van der Waals surface area (Å²) in [5.74, 6) is 0.727. The molecule has 0 spiro atoms. The lowest BCUT2D eigenvalue weighted by molar-refractivity contribution is 0.181. The number of rotatable bonds is 2. The summed E-state index contributed by atoms with van der Waals surface area (Å²) in [6.07, 6.45) is 7.82. The maximum Gasteiger partial charge on any atom is 0.317 e. The Bertz CT molecular complexity index is 294. The first-order valence-electron chi connectivity index (χ1n) is 7.11. The van der Waals surface area contributed by atoms with Crippen LogP contribution in [-0.2, 0) is 0 Å². The van der Waals surface area contributed by atoms with Crippen molar-refractivity contribution in [3.05, 3.63) is 0 Å². The van der Waals surface area contributed by atoms with Gasteiger partial charge >= 0.3 is 6.03 Å². The number of hydrogen-bond donors (Lipinski definition) is 2. The topological polar surface area (TPSA) is 44.4 Å². The lowest BCUT2D eigenvalue weighted by Crippen LogP contribution is -2.51. The van der Waals surface area contributed by atoms with Gasteiger partial charge in [-0.1, -0.05) is 19.3 Å². The lowest BCUT2D eigenvalue weighted by Gasteiger charge is -2.29. The third-order valence-corrected chi connectivity index (χ3v) is 4.58. The van der Waals surface area contributed by atoms with E-state index in [1.165, 1.54) is 32.1 Å². The quantitative estimate of drug-likeness (QED) is 0.805. The Morgan fingerprint density at radius 3 is 2.67 bits per heavy atom. The van der Waals surface area contributed by atoms with Crippen LogP contribution in [0.25, 0.3) is 0 Å². The summed E-state index contributed by atoms with van der Waals surface area (Å²) < 4.78 is 0. The molecule has 4 nitrogen and oxygen atoms in total. The van der Waals surface area contributed by atoms with Crippen LogP contribution in [0.4, 0.5) is 4.79 Å². The van der Waals surface area contributed by atoms with E-state index in [9.17, 15) is 4.79 Å². The maximum atomic E-state index is 12.1. The van der Waals surface area contributed by atoms with E-state index in [0.29, 0.717) is 12.1 Å². The van der Waals surface area contributed by atoms with E-state index in [4.69, 9.17) is 0 Å². The predicted octanol–water partition coefficient (Wildman–Crippen LogP) is 1.74. The Balaban J connectivity index is 0.00000120. The largest absolute Gasteiger partial charge is 0.338 e. The molecule has 0 radical (unpaired) electrons. The van der Waals surface area contributed by atoms with Gasteiger partial charge in [0.1, 0.15) is 0 Å². The molecule has 18 heavy (non-hydrogen) atoms. The highest BCUT2D eigenvalue weighted by Gasteiger charge is 2.40. The van der Waals surface area contributed by atoms with Crippen molar-refractivity contribution >= 4 is 18.4 Å². The third-order valence-electron chi connectivity index (χ3n) is 4.58. The van der Waals surface area contributed by atoms with Crippen LogP contribution < -0.4 is 10.6 Å². The van der Waals surface area contributed by atoms with Crippen molar-refractivity contribution in [2.24, 2.45) is 5.92 Å². The van der Waals surface area contributed by atoms with Crippen molar-refractivity contribution in [2.45, 2.75) is 50.6 Å². The molecule has 2 amide bonds. The van der Waals surface area contributed by atoms with Gasteiger partial charge in [-0.15, -0.1) is 12.4 Å². The summed E-state index contributed by atoms with van der Waals surface area (Å²) in [7, 11) is 0. The van der Waals surface area contributed by atoms with E-state index in [1.807, 2.05) is 4.90 Å². The van der Waals surface area contributed by atoms with Crippen LogP contribution in [0.15, 0.2) is 0 Å². The summed E-state index contributed by atoms with van der Waals surface area (Å²) in [4.78, 5) is 14.1. The van der Waals surface area contributed by atoms with Crippen LogP contribution >= 0.6 is 12.4 Å². The van der Waals surface area contributed by atoms with Crippen molar-refractivity contribution in [1.82, 2.24) is 15.5 Å². The normalized spacial score (nSPS) is 31.2. The molecule has 3 fully saturated rings. The number of halogens is 1. The van der Waals surface area contributed by atoms with E-state index in [-0.39, 0.29) is 18.4 Å². The maximum absolute atomic E-state index is 12.1. The summed E-state index contributed by atoms with van der Waals surface area (Å²) in [6.45, 7) is 2.78. The van der Waals surface area contributed by atoms with Gasteiger partial charge in [0.05, 0.1) is 0 Å². The van der Waals surface area contributed by atoms with E-state index < -0.39 is 0 Å². The van der Waals surface area contributed by atoms with Crippen molar-refractivity contribution in [1.29, 1.82) is 0 Å². The van der Waals surface area contributed by atoms with Gasteiger partial charge in [0, 0.05) is 31.7 Å². The molecule has 0 aromatic rings. The Labute approximate surface area is 115 Å². The number of piperazine rings is 1. The van der Waals surface area contributed by atoms with Crippen molar-refractivity contribution < 1.29 is 4.79 Å². The summed E-state index contributed by atoms with van der Waals surface area (Å²) >= 11 is 0. The molecule has 2 bridgehead atoms. The van der Waals surface area contributed by atoms with Crippen LogP contribution in [0, 0.1) is 5.92 Å². The van der Waals surface area contributed by atoms with E-state index in [0.717, 1.165) is 32.0 Å². The van der Waals surface area contributed by atoms with Crippen molar-refractivity contribution in [2.75, 3.05) is 19.6 Å². The molecule has 2 aliphatic heterocycles. The molecule has 1 aliphatic carbocycles. The molecule has 0 aromatic heterocycles. The van der Waals surface area contributed by atoms with Crippen molar-refractivity contribution in [3.63, 3.8) is 0 Å². The summed E-state index contributed by atoms with van der Waals surface area (Å²) in [5, 5.41) is 6.56. The van der Waals surface area contributed by atoms with Gasteiger partial charge in [0.25, 0.3) is 0 Å². The molecule has 2 heterocycles. The van der Waals surface area contributed by atoms with E-state index >= 15 is 0 Å². The number of nitrogens with zero attached hydrogens (tertiary/aromatic N) is 1. The molecule has 3 aliphatic rings. The first kappa shape index (κ1) is 13.9. The van der Waals surface area contributed by atoms with Gasteiger partial charge in [0.2, 0.25) is 0 Å². The van der Waals surface area contributed by atoms with Gasteiger partial charge in [0.15, 0.2) is 0 Å². The standard InChI is InChI=1S/C13H23N3O.ClH/c17-13(15-7-10-4-2-1-3-5-10)16-9-11-6-12(16)8-14-11;/h10-12,14H,1-9H2,(H,15,17);1H/t11-,12-;/m0./s1. The van der Waals surface area contributed by atoms with Gasteiger partial charge in [-0.3, -0.25) is 0 Å². The second kappa shape index (κ2) is 6.11. The fourth-order valence-electron chi connectivity index (χ4n) is 3.53. The van der Waals surface area contributed by atoms with Gasteiger partial charge < -0.3 is 15.5 Å². The zero-order chi connectivity index (χ0) is 11.7. The highest BCUT2D eigenvalue weighted by Crippen LogP contribution is 2.24. The van der Waals surface area contributed by atoms with Crippen LogP contribution in [-0.4, -0.2) is 42.6 Å². The first-order valence-corrected chi connectivity index (χ1v) is 7.11.